The van der Waals surface area contributed by atoms with Gasteiger partial charge in [0.25, 0.3) is 0 Å². The van der Waals surface area contributed by atoms with Crippen molar-refractivity contribution in [3.8, 4) is 0 Å². The monoisotopic (exact) mass is 463 g/mol. The highest BCUT2D eigenvalue weighted by Crippen LogP contribution is 2.30. The van der Waals surface area contributed by atoms with Gasteiger partial charge in [-0.2, -0.15) is 0 Å². The first-order valence-electron chi connectivity index (χ1n) is 11.1. The van der Waals surface area contributed by atoms with E-state index in [-0.39, 0.29) is 18.1 Å². The molecule has 1 aliphatic rings. The van der Waals surface area contributed by atoms with Crippen LogP contribution < -0.4 is 5.69 Å². The Balaban J connectivity index is 1.90. The van der Waals surface area contributed by atoms with Crippen molar-refractivity contribution in [1.29, 1.82) is 0 Å². The van der Waals surface area contributed by atoms with Crippen LogP contribution in [0, 0.1) is 0 Å². The molecule has 154 valence electrons. The van der Waals surface area contributed by atoms with E-state index < -0.39 is 24.4 Å². The van der Waals surface area contributed by atoms with E-state index in [0.717, 1.165) is 9.04 Å². The fourth-order valence-electron chi connectivity index (χ4n) is 3.86. The minimum Gasteiger partial charge on any atom is -0.444 e. The number of piperidine rings is 1. The highest BCUT2D eigenvalue weighted by molar-refractivity contribution is 9.10. The Morgan fingerprint density at radius 1 is 1.38 bits per heavy atom. The molecule has 1 unspecified atom stereocenters. The van der Waals surface area contributed by atoms with Crippen molar-refractivity contribution >= 4 is 44.0 Å². The summed E-state index contributed by atoms with van der Waals surface area (Å²) in [5.41, 5.74) is 0.137. The molecule has 3 heterocycles. The van der Waals surface area contributed by atoms with Gasteiger partial charge in [-0.1, -0.05) is 15.9 Å². The topological polar surface area (TPSA) is 69.4 Å². The Kier molecular flexibility index (Phi) is 4.06. The molecule has 0 bridgehead atoms. The molecule has 0 radical (unpaired) electrons. The predicted octanol–water partition coefficient (Wildman–Crippen LogP) is 4.22. The summed E-state index contributed by atoms with van der Waals surface area (Å²) < 4.78 is 32.5. The first kappa shape index (κ1) is 16.4. The van der Waals surface area contributed by atoms with Crippen LogP contribution in [0.4, 0.5) is 4.79 Å². The number of nitrogens with zero attached hydrogens (tertiary/aromatic N) is 4. The van der Waals surface area contributed by atoms with Crippen LogP contribution in [0.5, 0.6) is 0 Å². The minimum absolute atomic E-state index is 0.245. The van der Waals surface area contributed by atoms with E-state index in [1.807, 2.05) is 18.2 Å². The molecule has 1 saturated heterocycles. The Labute approximate surface area is 181 Å². The lowest BCUT2D eigenvalue weighted by atomic mass is 10.1. The zero-order valence-corrected chi connectivity index (χ0v) is 18.2. The van der Waals surface area contributed by atoms with Crippen molar-refractivity contribution in [2.75, 3.05) is 13.1 Å². The van der Waals surface area contributed by atoms with Gasteiger partial charge in [-0.05, 0) is 51.8 Å². The molecular weight excluding hydrogens is 436 g/mol. The third kappa shape index (κ3) is 3.66. The van der Waals surface area contributed by atoms with Crippen molar-refractivity contribution in [2.45, 2.75) is 45.3 Å². The number of imidazole rings is 1. The largest absolute Gasteiger partial charge is 0.444 e. The van der Waals surface area contributed by atoms with Crippen LogP contribution in [0.25, 0.3) is 21.9 Å². The Hall–Kier alpha value is -2.35. The molecule has 1 amide bonds. The molecule has 2 aromatic heterocycles. The average Bonchev–Trinajstić information content (AvgIpc) is 2.99. The number of amides is 1. The van der Waals surface area contributed by atoms with Crippen molar-refractivity contribution in [3.05, 3.63) is 39.4 Å². The summed E-state index contributed by atoms with van der Waals surface area (Å²) in [7, 11) is 0. The number of aromatic nitrogens is 3. The predicted molar refractivity (Wildman–Crippen MR) is 116 cm³/mol. The van der Waals surface area contributed by atoms with E-state index in [0.29, 0.717) is 35.8 Å². The molecule has 1 aliphatic heterocycles. The number of rotatable bonds is 1. The highest BCUT2D eigenvalue weighted by Gasteiger charge is 2.31. The SMILES string of the molecule is [2H]C([2H])([2H])n1c(=O)n(C2CCCN(C(=O)OC(C)(C)C)C2)c2c3cc(Br)ccc3ncc21. The average molecular weight is 464 g/mol. The first-order valence-corrected chi connectivity index (χ1v) is 10.4. The summed E-state index contributed by atoms with van der Waals surface area (Å²) in [4.78, 5) is 32.1. The Bertz CT molecular complexity index is 1260. The fraction of sp³-hybridized carbons (Fsp3) is 0.476. The van der Waals surface area contributed by atoms with Crippen molar-refractivity contribution in [2.24, 2.45) is 6.98 Å². The maximum atomic E-state index is 13.5. The number of fused-ring (bicyclic) bond motifs is 3. The molecule has 4 rings (SSSR count). The second kappa shape index (κ2) is 7.16. The summed E-state index contributed by atoms with van der Waals surface area (Å²) in [6.07, 6.45) is 2.30. The van der Waals surface area contributed by atoms with Crippen LogP contribution in [0.3, 0.4) is 0 Å². The quantitative estimate of drug-likeness (QED) is 0.541. The normalized spacial score (nSPS) is 19.8. The lowest BCUT2D eigenvalue weighted by molar-refractivity contribution is 0.0173. The van der Waals surface area contributed by atoms with Crippen LogP contribution in [0.15, 0.2) is 33.7 Å². The molecular formula is C21H25BrN4O3. The van der Waals surface area contributed by atoms with Crippen LogP contribution in [-0.2, 0) is 11.7 Å². The fourth-order valence-corrected chi connectivity index (χ4v) is 4.22. The number of hydrogen-bond acceptors (Lipinski definition) is 4. The smallest absolute Gasteiger partial charge is 0.410 e. The van der Waals surface area contributed by atoms with Crippen LogP contribution in [0.1, 0.15) is 43.8 Å². The number of carbonyl (C=O) groups is 1. The number of carbonyl (C=O) groups excluding carboxylic acids is 1. The van der Waals surface area contributed by atoms with Gasteiger partial charge in [0.1, 0.15) is 5.60 Å². The Morgan fingerprint density at radius 2 is 2.17 bits per heavy atom. The van der Waals surface area contributed by atoms with Crippen LogP contribution in [0.2, 0.25) is 0 Å². The van der Waals surface area contributed by atoms with Gasteiger partial charge >= 0.3 is 11.8 Å². The maximum absolute atomic E-state index is 13.5. The number of pyridine rings is 1. The number of halogens is 1. The van der Waals surface area contributed by atoms with Gasteiger partial charge in [0.05, 0.1) is 28.8 Å². The second-order valence-electron chi connectivity index (χ2n) is 8.36. The van der Waals surface area contributed by atoms with Gasteiger partial charge in [0.2, 0.25) is 0 Å². The summed E-state index contributed by atoms with van der Waals surface area (Å²) in [5, 5.41) is 0.673. The summed E-state index contributed by atoms with van der Waals surface area (Å²) in [5.74, 6) is 0. The standard InChI is InChI=1S/C21H25BrN4O3/c1-21(2,3)29-20(28)25-9-5-6-14(12-25)26-18-15-10-13(22)7-8-16(15)23-11-17(18)24(4)19(26)27/h7-8,10-11,14H,5-6,9,12H2,1-4H3/i4D3. The summed E-state index contributed by atoms with van der Waals surface area (Å²) in [6, 6.07) is 5.10. The molecule has 1 aromatic carbocycles. The molecule has 0 N–H and O–H groups in total. The molecule has 0 aliphatic carbocycles. The van der Waals surface area contributed by atoms with E-state index in [2.05, 4.69) is 20.9 Å². The summed E-state index contributed by atoms with van der Waals surface area (Å²) in [6.45, 7) is 3.52. The van der Waals surface area contributed by atoms with Gasteiger partial charge in [0.15, 0.2) is 0 Å². The first-order chi connectivity index (χ1) is 14.9. The number of likely N-dealkylation sites (tertiary alicyclic amines) is 1. The van der Waals surface area contributed by atoms with E-state index in [9.17, 15) is 9.59 Å². The van der Waals surface area contributed by atoms with Gasteiger partial charge in [-0.3, -0.25) is 14.1 Å². The number of hydrogen-bond donors (Lipinski definition) is 0. The van der Waals surface area contributed by atoms with Crippen molar-refractivity contribution in [3.63, 3.8) is 0 Å². The lowest BCUT2D eigenvalue weighted by Gasteiger charge is -2.34. The lowest BCUT2D eigenvalue weighted by Crippen LogP contribution is -2.45. The van der Waals surface area contributed by atoms with Crippen molar-refractivity contribution < 1.29 is 13.6 Å². The third-order valence-electron chi connectivity index (χ3n) is 5.07. The number of ether oxygens (including phenoxy) is 1. The van der Waals surface area contributed by atoms with E-state index >= 15 is 0 Å². The molecule has 0 spiro atoms. The molecule has 1 atom stereocenters. The van der Waals surface area contributed by atoms with Gasteiger partial charge in [-0.15, -0.1) is 0 Å². The second-order valence-corrected chi connectivity index (χ2v) is 9.28. The van der Waals surface area contributed by atoms with Crippen LogP contribution >= 0.6 is 15.9 Å². The molecule has 29 heavy (non-hydrogen) atoms. The number of aryl methyl sites for hydroxylation is 1. The van der Waals surface area contributed by atoms with E-state index in [1.165, 1.54) is 10.8 Å². The number of benzene rings is 1. The molecule has 0 saturated carbocycles. The third-order valence-corrected chi connectivity index (χ3v) is 5.57. The highest BCUT2D eigenvalue weighted by atomic mass is 79.9. The van der Waals surface area contributed by atoms with Crippen molar-refractivity contribution in [1.82, 2.24) is 19.0 Å². The maximum Gasteiger partial charge on any atom is 0.410 e. The zero-order valence-electron chi connectivity index (χ0n) is 19.6. The Morgan fingerprint density at radius 3 is 2.90 bits per heavy atom. The van der Waals surface area contributed by atoms with E-state index in [1.54, 1.807) is 25.7 Å². The van der Waals surface area contributed by atoms with Crippen LogP contribution in [-0.4, -0.2) is 43.8 Å². The summed E-state index contributed by atoms with van der Waals surface area (Å²) >= 11 is 3.46. The molecule has 7 nitrogen and oxygen atoms in total. The molecule has 8 heteroatoms. The van der Waals surface area contributed by atoms with Gasteiger partial charge in [0, 0.05) is 34.0 Å². The van der Waals surface area contributed by atoms with Gasteiger partial charge < -0.3 is 9.64 Å². The van der Waals surface area contributed by atoms with E-state index in [4.69, 9.17) is 8.85 Å². The van der Waals surface area contributed by atoms with Gasteiger partial charge in [-0.25, -0.2) is 9.59 Å². The zero-order chi connectivity index (χ0) is 23.4. The minimum atomic E-state index is -2.67. The molecule has 3 aromatic rings. The molecule has 1 fully saturated rings.